The van der Waals surface area contributed by atoms with E-state index in [1.54, 1.807) is 11.3 Å². The summed E-state index contributed by atoms with van der Waals surface area (Å²) in [5.41, 5.74) is 2.40. The third-order valence-corrected chi connectivity index (χ3v) is 4.21. The molecular formula is C14H14ClNS. The quantitative estimate of drug-likeness (QED) is 0.866. The van der Waals surface area contributed by atoms with Crippen LogP contribution in [0.1, 0.15) is 18.4 Å². The van der Waals surface area contributed by atoms with Crippen LogP contribution in [0, 0.1) is 0 Å². The summed E-state index contributed by atoms with van der Waals surface area (Å²) in [6.07, 6.45) is 2.64. The first kappa shape index (κ1) is 11.3. The summed E-state index contributed by atoms with van der Waals surface area (Å²) in [4.78, 5) is 1.23. The molecule has 0 aliphatic heterocycles. The van der Waals surface area contributed by atoms with Crippen LogP contribution in [0.2, 0.25) is 5.02 Å². The van der Waals surface area contributed by atoms with E-state index in [0.29, 0.717) is 0 Å². The van der Waals surface area contributed by atoms with Crippen LogP contribution in [0.5, 0.6) is 0 Å². The van der Waals surface area contributed by atoms with E-state index >= 15 is 0 Å². The molecule has 0 unspecified atom stereocenters. The van der Waals surface area contributed by atoms with Crippen molar-refractivity contribution in [2.75, 3.05) is 0 Å². The SMILES string of the molecule is Clc1cc(CNC2CC2)ccc1-c1cccs1. The third-order valence-electron chi connectivity index (χ3n) is 2.99. The molecule has 3 heteroatoms. The van der Waals surface area contributed by atoms with Crippen molar-refractivity contribution in [2.24, 2.45) is 0 Å². The van der Waals surface area contributed by atoms with Crippen LogP contribution >= 0.6 is 22.9 Å². The lowest BCUT2D eigenvalue weighted by Crippen LogP contribution is -2.15. The van der Waals surface area contributed by atoms with E-state index in [0.717, 1.165) is 23.2 Å². The predicted octanol–water partition coefficient (Wildman–Crippen LogP) is 4.32. The number of thiophene rings is 1. The van der Waals surface area contributed by atoms with Crippen molar-refractivity contribution in [1.29, 1.82) is 0 Å². The summed E-state index contributed by atoms with van der Waals surface area (Å²) < 4.78 is 0. The third kappa shape index (κ3) is 2.71. The zero-order chi connectivity index (χ0) is 11.7. The molecule has 1 aromatic carbocycles. The highest BCUT2D eigenvalue weighted by Crippen LogP contribution is 2.32. The smallest absolute Gasteiger partial charge is 0.0495 e. The zero-order valence-corrected chi connectivity index (χ0v) is 11.0. The van der Waals surface area contributed by atoms with Crippen LogP contribution in [0.25, 0.3) is 10.4 Å². The molecule has 17 heavy (non-hydrogen) atoms. The molecule has 1 aromatic heterocycles. The molecule has 0 radical (unpaired) electrons. The van der Waals surface area contributed by atoms with Crippen molar-refractivity contribution in [3.63, 3.8) is 0 Å². The number of hydrogen-bond donors (Lipinski definition) is 1. The first-order valence-electron chi connectivity index (χ1n) is 5.88. The Bertz CT molecular complexity index is 503. The lowest BCUT2D eigenvalue weighted by molar-refractivity contribution is 0.688. The van der Waals surface area contributed by atoms with Gasteiger partial charge in [-0.2, -0.15) is 0 Å². The minimum atomic E-state index is 0.741. The van der Waals surface area contributed by atoms with Gasteiger partial charge in [0.15, 0.2) is 0 Å². The molecule has 88 valence electrons. The molecule has 1 fully saturated rings. The molecule has 3 rings (SSSR count). The Labute approximate surface area is 110 Å². The van der Waals surface area contributed by atoms with Crippen LogP contribution < -0.4 is 5.32 Å². The van der Waals surface area contributed by atoms with Gasteiger partial charge < -0.3 is 5.32 Å². The van der Waals surface area contributed by atoms with Crippen LogP contribution in [-0.4, -0.2) is 6.04 Å². The second-order valence-electron chi connectivity index (χ2n) is 4.45. The molecule has 0 spiro atoms. The van der Waals surface area contributed by atoms with Gasteiger partial charge in [0.05, 0.1) is 0 Å². The second-order valence-corrected chi connectivity index (χ2v) is 5.80. The lowest BCUT2D eigenvalue weighted by atomic mass is 10.1. The zero-order valence-electron chi connectivity index (χ0n) is 9.45. The number of halogens is 1. The van der Waals surface area contributed by atoms with Crippen LogP contribution in [0.4, 0.5) is 0 Å². The summed E-state index contributed by atoms with van der Waals surface area (Å²) in [6.45, 7) is 0.926. The largest absolute Gasteiger partial charge is 0.310 e. The van der Waals surface area contributed by atoms with Crippen molar-refractivity contribution in [1.82, 2.24) is 5.32 Å². The van der Waals surface area contributed by atoms with E-state index in [1.165, 1.54) is 23.3 Å². The summed E-state index contributed by atoms with van der Waals surface area (Å²) in [5.74, 6) is 0. The average Bonchev–Trinajstić information content (AvgIpc) is 3.01. The fourth-order valence-corrected chi connectivity index (χ4v) is 2.98. The molecule has 1 saturated carbocycles. The van der Waals surface area contributed by atoms with Gasteiger partial charge in [0.1, 0.15) is 0 Å². The van der Waals surface area contributed by atoms with E-state index in [4.69, 9.17) is 11.6 Å². The molecule has 1 N–H and O–H groups in total. The summed E-state index contributed by atoms with van der Waals surface area (Å²) in [7, 11) is 0. The first-order valence-corrected chi connectivity index (χ1v) is 7.14. The summed E-state index contributed by atoms with van der Waals surface area (Å²) in [5, 5.41) is 6.43. The average molecular weight is 264 g/mol. The fraction of sp³-hybridized carbons (Fsp3) is 0.286. The molecule has 2 aromatic rings. The van der Waals surface area contributed by atoms with Gasteiger partial charge in [-0.25, -0.2) is 0 Å². The Morgan fingerprint density at radius 2 is 2.18 bits per heavy atom. The number of hydrogen-bond acceptors (Lipinski definition) is 2. The van der Waals surface area contributed by atoms with Gasteiger partial charge in [0, 0.05) is 28.0 Å². The van der Waals surface area contributed by atoms with Gasteiger partial charge in [-0.1, -0.05) is 29.8 Å². The predicted molar refractivity (Wildman–Crippen MR) is 74.6 cm³/mol. The van der Waals surface area contributed by atoms with Crippen molar-refractivity contribution in [3.05, 3.63) is 46.3 Å². The van der Waals surface area contributed by atoms with Crippen molar-refractivity contribution in [2.45, 2.75) is 25.4 Å². The minimum absolute atomic E-state index is 0.741. The topological polar surface area (TPSA) is 12.0 Å². The molecule has 1 heterocycles. The lowest BCUT2D eigenvalue weighted by Gasteiger charge is -2.06. The highest BCUT2D eigenvalue weighted by Gasteiger charge is 2.20. The maximum atomic E-state index is 6.33. The number of rotatable bonds is 4. The monoisotopic (exact) mass is 263 g/mol. The molecule has 0 atom stereocenters. The van der Waals surface area contributed by atoms with E-state index in [-0.39, 0.29) is 0 Å². The van der Waals surface area contributed by atoms with Gasteiger partial charge in [-0.05, 0) is 35.9 Å². The van der Waals surface area contributed by atoms with E-state index in [1.807, 2.05) is 0 Å². The van der Waals surface area contributed by atoms with E-state index in [2.05, 4.69) is 41.0 Å². The maximum Gasteiger partial charge on any atom is 0.0495 e. The molecule has 0 amide bonds. The standard InChI is InChI=1S/C14H14ClNS/c15-13-8-10(9-16-11-4-5-11)3-6-12(13)14-2-1-7-17-14/h1-3,6-8,11,16H,4-5,9H2. The Balaban J connectivity index is 1.78. The normalized spacial score (nSPS) is 15.1. The van der Waals surface area contributed by atoms with Crippen LogP contribution in [0.15, 0.2) is 35.7 Å². The Kier molecular flexibility index (Phi) is 3.19. The van der Waals surface area contributed by atoms with Crippen molar-refractivity contribution in [3.8, 4) is 10.4 Å². The number of benzene rings is 1. The van der Waals surface area contributed by atoms with Gasteiger partial charge in [0.2, 0.25) is 0 Å². The Morgan fingerprint density at radius 3 is 2.82 bits per heavy atom. The molecule has 1 aliphatic carbocycles. The Hall–Kier alpha value is -0.830. The fourth-order valence-electron chi connectivity index (χ4n) is 1.85. The van der Waals surface area contributed by atoms with Crippen molar-refractivity contribution >= 4 is 22.9 Å². The summed E-state index contributed by atoms with van der Waals surface area (Å²) in [6, 6.07) is 11.3. The highest BCUT2D eigenvalue weighted by molar-refractivity contribution is 7.13. The number of nitrogens with one attached hydrogen (secondary N) is 1. The van der Waals surface area contributed by atoms with Gasteiger partial charge in [-0.3, -0.25) is 0 Å². The second kappa shape index (κ2) is 4.81. The van der Waals surface area contributed by atoms with Gasteiger partial charge in [0.25, 0.3) is 0 Å². The minimum Gasteiger partial charge on any atom is -0.310 e. The molecule has 1 aliphatic rings. The molecule has 0 bridgehead atoms. The van der Waals surface area contributed by atoms with E-state index < -0.39 is 0 Å². The van der Waals surface area contributed by atoms with Gasteiger partial charge in [-0.15, -0.1) is 11.3 Å². The molecule has 1 nitrogen and oxygen atoms in total. The van der Waals surface area contributed by atoms with Crippen LogP contribution in [-0.2, 0) is 6.54 Å². The van der Waals surface area contributed by atoms with E-state index in [9.17, 15) is 0 Å². The molecular weight excluding hydrogens is 250 g/mol. The van der Waals surface area contributed by atoms with Crippen molar-refractivity contribution < 1.29 is 0 Å². The maximum absolute atomic E-state index is 6.33. The molecule has 0 saturated heterocycles. The van der Waals surface area contributed by atoms with Crippen LogP contribution in [0.3, 0.4) is 0 Å². The summed E-state index contributed by atoms with van der Waals surface area (Å²) >= 11 is 8.05. The van der Waals surface area contributed by atoms with Gasteiger partial charge >= 0.3 is 0 Å². The Morgan fingerprint density at radius 1 is 1.29 bits per heavy atom. The highest BCUT2D eigenvalue weighted by atomic mass is 35.5. The first-order chi connectivity index (χ1) is 8.33.